The lowest BCUT2D eigenvalue weighted by Crippen LogP contribution is -1.91. The van der Waals surface area contributed by atoms with Gasteiger partial charge in [-0.25, -0.2) is 0 Å². The molecule has 0 atom stereocenters. The van der Waals surface area contributed by atoms with Crippen molar-refractivity contribution in [2.45, 2.75) is 4.21 Å². The van der Waals surface area contributed by atoms with Crippen molar-refractivity contribution in [1.29, 1.82) is 0 Å². The third-order valence-corrected chi connectivity index (χ3v) is 4.88. The number of hydrogen-bond acceptors (Lipinski definition) is 3. The molecule has 2 rings (SSSR count). The molecule has 0 fully saturated rings. The second kappa shape index (κ2) is 4.51. The predicted octanol–water partition coefficient (Wildman–Crippen LogP) is 4.20. The van der Waals surface area contributed by atoms with Crippen LogP contribution in [0.4, 0.5) is 0 Å². The molecular formula is C11H11NS3. The lowest BCUT2D eigenvalue weighted by atomic mass is 10.2. The van der Waals surface area contributed by atoms with Gasteiger partial charge >= 0.3 is 0 Å². The molecule has 0 unspecified atom stereocenters. The molecule has 1 aromatic heterocycles. The second-order valence-electron chi connectivity index (χ2n) is 3.13. The van der Waals surface area contributed by atoms with E-state index in [1.54, 1.807) is 23.1 Å². The lowest BCUT2D eigenvalue weighted by Gasteiger charge is -2.04. The van der Waals surface area contributed by atoms with Gasteiger partial charge in [0, 0.05) is 12.6 Å². The second-order valence-corrected chi connectivity index (χ2v) is 5.85. The Labute approximate surface area is 103 Å². The molecule has 4 heteroatoms. The molecule has 2 aromatic rings. The van der Waals surface area contributed by atoms with Crippen molar-refractivity contribution in [3.05, 3.63) is 34.3 Å². The molecular weight excluding hydrogens is 242 g/mol. The molecule has 0 aliphatic rings. The lowest BCUT2D eigenvalue weighted by molar-refractivity contribution is 0.921. The zero-order valence-corrected chi connectivity index (χ0v) is 11.0. The zero-order chi connectivity index (χ0) is 10.8. The van der Waals surface area contributed by atoms with Gasteiger partial charge in [0.2, 0.25) is 0 Å². The van der Waals surface area contributed by atoms with Crippen molar-refractivity contribution in [3.8, 4) is 11.3 Å². The van der Waals surface area contributed by atoms with Gasteiger partial charge in [-0.2, -0.15) is 0 Å². The Morgan fingerprint density at radius 2 is 1.93 bits per heavy atom. The van der Waals surface area contributed by atoms with Gasteiger partial charge in [0.1, 0.15) is 0 Å². The minimum atomic E-state index is 0.929. The average Bonchev–Trinajstić information content (AvgIpc) is 2.56. The minimum absolute atomic E-state index is 0.929. The van der Waals surface area contributed by atoms with E-state index in [2.05, 4.69) is 35.1 Å². The minimum Gasteiger partial charge on any atom is -0.325 e. The molecule has 0 aliphatic heterocycles. The van der Waals surface area contributed by atoms with Crippen LogP contribution < -0.4 is 0 Å². The van der Waals surface area contributed by atoms with Crippen LogP contribution in [0.2, 0.25) is 0 Å². The van der Waals surface area contributed by atoms with Crippen LogP contribution in [-0.2, 0) is 7.05 Å². The third-order valence-electron chi connectivity index (χ3n) is 2.22. The fourth-order valence-corrected chi connectivity index (χ4v) is 3.73. The van der Waals surface area contributed by atoms with E-state index in [4.69, 9.17) is 12.2 Å². The Morgan fingerprint density at radius 1 is 1.27 bits per heavy atom. The van der Waals surface area contributed by atoms with Crippen LogP contribution in [0.15, 0.2) is 34.5 Å². The summed E-state index contributed by atoms with van der Waals surface area (Å²) in [5, 5.41) is 0. The normalized spacial score (nSPS) is 10.5. The van der Waals surface area contributed by atoms with Gasteiger partial charge in [-0.05, 0) is 18.5 Å². The summed E-state index contributed by atoms with van der Waals surface area (Å²) < 4.78 is 4.30. The van der Waals surface area contributed by atoms with Crippen molar-refractivity contribution >= 4 is 35.3 Å². The molecule has 1 nitrogen and oxygen atoms in total. The van der Waals surface area contributed by atoms with Gasteiger partial charge < -0.3 is 4.57 Å². The molecule has 0 N–H and O–H groups in total. The van der Waals surface area contributed by atoms with Gasteiger partial charge in [0.15, 0.2) is 3.95 Å². The van der Waals surface area contributed by atoms with Gasteiger partial charge in [0.05, 0.1) is 9.90 Å². The highest BCUT2D eigenvalue weighted by Gasteiger charge is 2.10. The first kappa shape index (κ1) is 10.9. The molecule has 1 aromatic carbocycles. The molecule has 1 heterocycles. The van der Waals surface area contributed by atoms with Crippen molar-refractivity contribution in [3.63, 3.8) is 0 Å². The first-order chi connectivity index (χ1) is 7.24. The van der Waals surface area contributed by atoms with E-state index in [0.717, 1.165) is 3.95 Å². The molecule has 0 radical (unpaired) electrons. The Kier molecular flexibility index (Phi) is 3.29. The molecule has 0 spiro atoms. The summed E-state index contributed by atoms with van der Waals surface area (Å²) in [5.74, 6) is 0. The van der Waals surface area contributed by atoms with E-state index in [9.17, 15) is 0 Å². The van der Waals surface area contributed by atoms with E-state index in [0.29, 0.717) is 0 Å². The summed E-state index contributed by atoms with van der Waals surface area (Å²) in [6.07, 6.45) is 2.09. The molecule has 0 saturated carbocycles. The average molecular weight is 253 g/mol. The Bertz CT molecular complexity index is 510. The Balaban J connectivity index is 2.67. The van der Waals surface area contributed by atoms with Gasteiger partial charge in [-0.3, -0.25) is 0 Å². The molecule has 0 bridgehead atoms. The Hall–Kier alpha value is -0.580. The fourth-order valence-electron chi connectivity index (χ4n) is 1.47. The number of nitrogens with zero attached hydrogens (tertiary/aromatic N) is 1. The highest BCUT2D eigenvalue weighted by molar-refractivity contribution is 8.00. The Morgan fingerprint density at radius 3 is 2.53 bits per heavy atom. The summed E-state index contributed by atoms with van der Waals surface area (Å²) in [6, 6.07) is 10.4. The standard InChI is InChI=1S/C11H11NS3/c1-12-9(8-6-4-3-5-7-8)10(14-2)15-11(12)13/h3-7H,1-2H3. The fraction of sp³-hybridized carbons (Fsp3) is 0.182. The van der Waals surface area contributed by atoms with E-state index >= 15 is 0 Å². The first-order valence-electron chi connectivity index (χ1n) is 4.53. The number of rotatable bonds is 2. The van der Waals surface area contributed by atoms with Crippen molar-refractivity contribution in [2.24, 2.45) is 7.05 Å². The summed E-state index contributed by atoms with van der Waals surface area (Å²) in [4.78, 5) is 0. The molecule has 0 saturated heterocycles. The van der Waals surface area contributed by atoms with Gasteiger partial charge in [-0.15, -0.1) is 11.8 Å². The van der Waals surface area contributed by atoms with Crippen molar-refractivity contribution < 1.29 is 0 Å². The maximum atomic E-state index is 5.30. The third kappa shape index (κ3) is 2.02. The number of thiazole rings is 1. The monoisotopic (exact) mass is 253 g/mol. The van der Waals surface area contributed by atoms with E-state index < -0.39 is 0 Å². The van der Waals surface area contributed by atoms with Gasteiger partial charge in [0.25, 0.3) is 0 Å². The van der Waals surface area contributed by atoms with Crippen LogP contribution in [0, 0.1) is 3.95 Å². The summed E-state index contributed by atoms with van der Waals surface area (Å²) in [7, 11) is 2.03. The van der Waals surface area contributed by atoms with E-state index in [-0.39, 0.29) is 0 Å². The largest absolute Gasteiger partial charge is 0.325 e. The van der Waals surface area contributed by atoms with Crippen LogP contribution in [-0.4, -0.2) is 10.8 Å². The number of hydrogen-bond donors (Lipinski definition) is 0. The summed E-state index contributed by atoms with van der Waals surface area (Å²) in [5.41, 5.74) is 2.47. The predicted molar refractivity (Wildman–Crippen MR) is 71.3 cm³/mol. The topological polar surface area (TPSA) is 4.93 Å². The number of thioether (sulfide) groups is 1. The van der Waals surface area contributed by atoms with Crippen LogP contribution in [0.3, 0.4) is 0 Å². The quantitative estimate of drug-likeness (QED) is 0.583. The van der Waals surface area contributed by atoms with Gasteiger partial charge in [-0.1, -0.05) is 41.7 Å². The van der Waals surface area contributed by atoms with Crippen molar-refractivity contribution in [2.75, 3.05) is 6.26 Å². The maximum Gasteiger partial charge on any atom is 0.162 e. The number of benzene rings is 1. The molecule has 15 heavy (non-hydrogen) atoms. The molecule has 0 aliphatic carbocycles. The van der Waals surface area contributed by atoms with E-state index in [1.165, 1.54) is 15.5 Å². The van der Waals surface area contributed by atoms with Crippen LogP contribution in [0.25, 0.3) is 11.3 Å². The number of aromatic nitrogens is 1. The maximum absolute atomic E-state index is 5.30. The molecule has 0 amide bonds. The summed E-state index contributed by atoms with van der Waals surface area (Å²) >= 11 is 8.73. The smallest absolute Gasteiger partial charge is 0.162 e. The zero-order valence-electron chi connectivity index (χ0n) is 8.56. The SMILES string of the molecule is CSc1sc(=S)n(C)c1-c1ccccc1. The first-order valence-corrected chi connectivity index (χ1v) is 6.98. The molecule has 78 valence electrons. The van der Waals surface area contributed by atoms with Crippen LogP contribution >= 0.6 is 35.3 Å². The highest BCUT2D eigenvalue weighted by Crippen LogP contribution is 2.35. The van der Waals surface area contributed by atoms with E-state index in [1.807, 2.05) is 13.1 Å². The highest BCUT2D eigenvalue weighted by atomic mass is 32.2. The van der Waals surface area contributed by atoms with Crippen LogP contribution in [0.1, 0.15) is 0 Å². The summed E-state index contributed by atoms with van der Waals surface area (Å²) in [6.45, 7) is 0. The van der Waals surface area contributed by atoms with Crippen LogP contribution in [0.5, 0.6) is 0 Å². The van der Waals surface area contributed by atoms with Crippen molar-refractivity contribution in [1.82, 2.24) is 4.57 Å².